The number of oxazole rings is 1. The number of rotatable bonds is 2. The maximum absolute atomic E-state index is 11.6. The summed E-state index contributed by atoms with van der Waals surface area (Å²) in [6, 6.07) is 8.40. The highest BCUT2D eigenvalue weighted by Crippen LogP contribution is 2.21. The Morgan fingerprint density at radius 3 is 2.71 bits per heavy atom. The molecule has 0 N–H and O–H groups in total. The number of nitriles is 1. The van der Waals surface area contributed by atoms with E-state index < -0.39 is 11.9 Å². The molecular weight excluding hydrogens is 227 g/mol. The zero-order valence-corrected chi connectivity index (χ0v) is 8.38. The van der Waals surface area contributed by atoms with Gasteiger partial charge in [0.15, 0.2) is 5.76 Å². The van der Waals surface area contributed by atoms with Gasteiger partial charge in [-0.25, -0.2) is 14.7 Å². The Labute approximate surface area is 95.0 Å². The normalized spacial score (nSPS) is 9.65. The third kappa shape index (κ3) is 2.13. The molecule has 0 fully saturated rings. The predicted molar refractivity (Wildman–Crippen MR) is 53.2 cm³/mol. The summed E-state index contributed by atoms with van der Waals surface area (Å²) in [5, 5.41) is 8.62. The molecule has 1 aromatic carbocycles. The second kappa shape index (κ2) is 4.45. The van der Waals surface area contributed by atoms with Crippen LogP contribution in [-0.2, 0) is 4.94 Å². The van der Waals surface area contributed by atoms with Crippen molar-refractivity contribution in [3.05, 3.63) is 41.9 Å². The zero-order chi connectivity index (χ0) is 12.3. The van der Waals surface area contributed by atoms with Gasteiger partial charge in [-0.1, -0.05) is 0 Å². The Bertz CT molecular complexity index is 584. The summed E-state index contributed by atoms with van der Waals surface area (Å²) in [6.07, 6.45) is 1.27. The van der Waals surface area contributed by atoms with E-state index in [1.54, 1.807) is 24.3 Å². The summed E-state index contributed by atoms with van der Waals surface area (Å²) in [4.78, 5) is 17.3. The molecule has 0 aliphatic rings. The van der Waals surface area contributed by atoms with Crippen molar-refractivity contribution in [1.82, 2.24) is 4.98 Å². The van der Waals surface area contributed by atoms with Crippen LogP contribution in [0.3, 0.4) is 0 Å². The van der Waals surface area contributed by atoms with Crippen molar-refractivity contribution >= 4 is 5.97 Å². The molecule has 2 rings (SSSR count). The Balaban J connectivity index is 2.31. The van der Waals surface area contributed by atoms with Gasteiger partial charge < -0.3 is 4.42 Å². The van der Waals surface area contributed by atoms with Crippen LogP contribution in [0.2, 0.25) is 0 Å². The summed E-state index contributed by atoms with van der Waals surface area (Å²) in [5.41, 5.74) is 1.12. The molecule has 0 bridgehead atoms. The summed E-state index contributed by atoms with van der Waals surface area (Å²) in [7, 11) is 0. The van der Waals surface area contributed by atoms with Gasteiger partial charge in [0.05, 0.1) is 17.8 Å². The van der Waals surface area contributed by atoms with Gasteiger partial charge in [0.1, 0.15) is 0 Å². The lowest BCUT2D eigenvalue weighted by Gasteiger charge is -1.95. The number of carbonyl (C=O) groups is 1. The van der Waals surface area contributed by atoms with Crippen LogP contribution in [0.1, 0.15) is 16.2 Å². The molecule has 0 amide bonds. The maximum atomic E-state index is 11.6. The largest absolute Gasteiger partial charge is 0.434 e. The van der Waals surface area contributed by atoms with Crippen molar-refractivity contribution in [3.63, 3.8) is 0 Å². The minimum atomic E-state index is -1.29. The van der Waals surface area contributed by atoms with Crippen LogP contribution in [0.25, 0.3) is 11.3 Å². The summed E-state index contributed by atoms with van der Waals surface area (Å²) in [5.74, 6) is -1.47. The second-order valence-corrected chi connectivity index (χ2v) is 3.08. The summed E-state index contributed by atoms with van der Waals surface area (Å²) in [6.45, 7) is 0. The van der Waals surface area contributed by atoms with E-state index in [0.29, 0.717) is 11.1 Å². The average Bonchev–Trinajstić information content (AvgIpc) is 2.87. The van der Waals surface area contributed by atoms with E-state index in [2.05, 4.69) is 9.93 Å². The van der Waals surface area contributed by atoms with Gasteiger partial charge in [-0.2, -0.15) is 5.26 Å². The lowest BCUT2D eigenvalue weighted by Crippen LogP contribution is -1.97. The monoisotopic (exact) mass is 232 g/mol. The molecule has 0 unspecified atom stereocenters. The topological polar surface area (TPSA) is 76.1 Å². The number of nitrogens with zero attached hydrogens (tertiary/aromatic N) is 2. The van der Waals surface area contributed by atoms with Gasteiger partial charge in [-0.3, -0.25) is 0 Å². The highest BCUT2D eigenvalue weighted by Gasteiger charge is 2.16. The molecule has 0 aliphatic carbocycles. The SMILES string of the molecule is N#Cc1ccc(-c2cnc(C(=O)OF)o2)cc1. The van der Waals surface area contributed by atoms with Crippen LogP contribution in [-0.4, -0.2) is 11.0 Å². The third-order valence-corrected chi connectivity index (χ3v) is 2.05. The zero-order valence-electron chi connectivity index (χ0n) is 8.38. The summed E-state index contributed by atoms with van der Waals surface area (Å²) < 4.78 is 16.6. The molecule has 1 heterocycles. The fourth-order valence-corrected chi connectivity index (χ4v) is 1.24. The number of carbonyl (C=O) groups excluding carboxylic acids is 1. The number of halogens is 1. The molecule has 0 atom stereocenters. The highest BCUT2D eigenvalue weighted by molar-refractivity contribution is 5.84. The molecule has 2 aromatic rings. The summed E-state index contributed by atoms with van der Waals surface area (Å²) >= 11 is 0. The Morgan fingerprint density at radius 1 is 1.41 bits per heavy atom. The molecule has 84 valence electrons. The van der Waals surface area contributed by atoms with E-state index in [4.69, 9.17) is 9.68 Å². The van der Waals surface area contributed by atoms with E-state index in [9.17, 15) is 9.32 Å². The van der Waals surface area contributed by atoms with E-state index in [0.717, 1.165) is 0 Å². The van der Waals surface area contributed by atoms with Crippen molar-refractivity contribution in [1.29, 1.82) is 5.26 Å². The van der Waals surface area contributed by atoms with Crippen LogP contribution >= 0.6 is 0 Å². The second-order valence-electron chi connectivity index (χ2n) is 3.08. The molecule has 17 heavy (non-hydrogen) atoms. The van der Waals surface area contributed by atoms with Gasteiger partial charge in [0, 0.05) is 10.1 Å². The van der Waals surface area contributed by atoms with Crippen LogP contribution in [0, 0.1) is 11.3 Å². The van der Waals surface area contributed by atoms with Crippen molar-refractivity contribution in [2.24, 2.45) is 0 Å². The van der Waals surface area contributed by atoms with Crippen LogP contribution in [0.4, 0.5) is 4.53 Å². The van der Waals surface area contributed by atoms with Gasteiger partial charge >= 0.3 is 11.9 Å². The number of hydrogen-bond acceptors (Lipinski definition) is 5. The molecular formula is C11H5FN2O3. The fraction of sp³-hybridized carbons (Fsp3) is 0. The van der Waals surface area contributed by atoms with Crippen molar-refractivity contribution in [2.45, 2.75) is 0 Å². The van der Waals surface area contributed by atoms with E-state index >= 15 is 0 Å². The number of benzene rings is 1. The van der Waals surface area contributed by atoms with Gasteiger partial charge in [0.2, 0.25) is 0 Å². The standard InChI is InChI=1S/C11H5FN2O3/c12-17-11(15)10-14-6-9(16-10)8-3-1-7(5-13)2-4-8/h1-4,6H. The van der Waals surface area contributed by atoms with E-state index in [1.807, 2.05) is 6.07 Å². The van der Waals surface area contributed by atoms with Crippen molar-refractivity contribution < 1.29 is 18.7 Å². The Kier molecular flexibility index (Phi) is 2.83. The van der Waals surface area contributed by atoms with Gasteiger partial charge in [-0.15, -0.1) is 0 Å². The average molecular weight is 232 g/mol. The smallest absolute Gasteiger partial charge is 0.431 e. The molecule has 0 saturated heterocycles. The molecule has 6 heteroatoms. The lowest BCUT2D eigenvalue weighted by molar-refractivity contribution is -0.0817. The van der Waals surface area contributed by atoms with Crippen LogP contribution < -0.4 is 0 Å². The first-order chi connectivity index (χ1) is 8.24. The Hall–Kier alpha value is -2.68. The molecule has 0 aliphatic heterocycles. The van der Waals surface area contributed by atoms with Gasteiger partial charge in [-0.05, 0) is 24.3 Å². The predicted octanol–water partition coefficient (Wildman–Crippen LogP) is 2.25. The van der Waals surface area contributed by atoms with E-state index in [1.165, 1.54) is 6.20 Å². The highest BCUT2D eigenvalue weighted by atomic mass is 19.3. The maximum Gasteiger partial charge on any atom is 0.434 e. The first kappa shape index (κ1) is 10.8. The molecule has 5 nitrogen and oxygen atoms in total. The lowest BCUT2D eigenvalue weighted by atomic mass is 10.1. The van der Waals surface area contributed by atoms with Crippen molar-refractivity contribution in [2.75, 3.05) is 0 Å². The van der Waals surface area contributed by atoms with Gasteiger partial charge in [0.25, 0.3) is 0 Å². The fourth-order valence-electron chi connectivity index (χ4n) is 1.24. The van der Waals surface area contributed by atoms with Crippen LogP contribution in [0.5, 0.6) is 0 Å². The van der Waals surface area contributed by atoms with Crippen molar-refractivity contribution in [3.8, 4) is 17.4 Å². The van der Waals surface area contributed by atoms with E-state index in [-0.39, 0.29) is 5.76 Å². The first-order valence-corrected chi connectivity index (χ1v) is 4.54. The Morgan fingerprint density at radius 2 is 2.12 bits per heavy atom. The minimum absolute atomic E-state index is 0.287. The molecule has 0 spiro atoms. The third-order valence-electron chi connectivity index (χ3n) is 2.05. The first-order valence-electron chi connectivity index (χ1n) is 4.54. The molecule has 0 saturated carbocycles. The molecule has 1 aromatic heterocycles. The number of hydrogen-bond donors (Lipinski definition) is 0. The minimum Gasteiger partial charge on any atom is -0.431 e. The molecule has 0 radical (unpaired) electrons. The van der Waals surface area contributed by atoms with Crippen LogP contribution in [0.15, 0.2) is 34.9 Å². The quantitative estimate of drug-likeness (QED) is 0.793. The number of aromatic nitrogens is 1.